The Kier molecular flexibility index (Phi) is 4.70. The first-order valence-electron chi connectivity index (χ1n) is 6.49. The van der Waals surface area contributed by atoms with Gasteiger partial charge in [-0.2, -0.15) is 0 Å². The lowest BCUT2D eigenvalue weighted by molar-refractivity contribution is -0.384. The Balaban J connectivity index is 1.77. The molecule has 1 N–H and O–H groups in total. The molecule has 1 fully saturated rings. The summed E-state index contributed by atoms with van der Waals surface area (Å²) < 4.78 is 5.61. The number of nitro benzene ring substituents is 1. The van der Waals surface area contributed by atoms with Gasteiger partial charge < -0.3 is 10.1 Å². The third-order valence-corrected chi connectivity index (χ3v) is 3.33. The zero-order valence-corrected chi connectivity index (χ0v) is 11.0. The summed E-state index contributed by atoms with van der Waals surface area (Å²) in [5, 5.41) is 13.9. The van der Waals surface area contributed by atoms with Gasteiger partial charge in [0.05, 0.1) is 4.92 Å². The Bertz CT molecular complexity index is 422. The number of piperazine rings is 1. The van der Waals surface area contributed by atoms with E-state index in [1.54, 1.807) is 12.1 Å². The Hall–Kier alpha value is -1.66. The Morgan fingerprint density at radius 1 is 1.47 bits per heavy atom. The van der Waals surface area contributed by atoms with Crippen molar-refractivity contribution in [3.63, 3.8) is 0 Å². The zero-order valence-electron chi connectivity index (χ0n) is 11.0. The molecule has 0 amide bonds. The molecule has 1 heterocycles. The molecule has 1 saturated heterocycles. The summed E-state index contributed by atoms with van der Waals surface area (Å²) in [6, 6.07) is 6.72. The quantitative estimate of drug-likeness (QED) is 0.641. The summed E-state index contributed by atoms with van der Waals surface area (Å²) in [5.41, 5.74) is 0.0862. The fourth-order valence-corrected chi connectivity index (χ4v) is 2.16. The molecule has 0 aromatic heterocycles. The fourth-order valence-electron chi connectivity index (χ4n) is 2.16. The summed E-state index contributed by atoms with van der Waals surface area (Å²) >= 11 is 0. The molecule has 1 aromatic rings. The molecule has 6 nitrogen and oxygen atoms in total. The molecule has 104 valence electrons. The lowest BCUT2D eigenvalue weighted by Gasteiger charge is -2.33. The first-order chi connectivity index (χ1) is 9.16. The van der Waals surface area contributed by atoms with E-state index >= 15 is 0 Å². The van der Waals surface area contributed by atoms with Crippen molar-refractivity contribution in [1.82, 2.24) is 10.2 Å². The van der Waals surface area contributed by atoms with E-state index in [1.807, 2.05) is 0 Å². The number of nitrogens with one attached hydrogen (secondary N) is 1. The molecule has 0 bridgehead atoms. The molecule has 1 aromatic carbocycles. The van der Waals surface area contributed by atoms with Crippen LogP contribution in [0.2, 0.25) is 0 Å². The topological polar surface area (TPSA) is 67.6 Å². The van der Waals surface area contributed by atoms with E-state index in [0.29, 0.717) is 18.4 Å². The van der Waals surface area contributed by atoms with Crippen molar-refractivity contribution < 1.29 is 9.66 Å². The minimum absolute atomic E-state index is 0.0862. The van der Waals surface area contributed by atoms with Gasteiger partial charge in [-0.3, -0.25) is 15.0 Å². The molecule has 0 saturated carbocycles. The van der Waals surface area contributed by atoms with Gasteiger partial charge >= 0.3 is 0 Å². The van der Waals surface area contributed by atoms with Crippen molar-refractivity contribution in [2.45, 2.75) is 13.0 Å². The number of benzene rings is 1. The van der Waals surface area contributed by atoms with E-state index in [-0.39, 0.29) is 5.69 Å². The lowest BCUT2D eigenvalue weighted by atomic mass is 10.2. The van der Waals surface area contributed by atoms with Crippen LogP contribution in [0.3, 0.4) is 0 Å². The third kappa shape index (κ3) is 3.90. The molecule has 1 aliphatic rings. The SMILES string of the molecule is CC1CNCCN1CCOc1ccc([N+](=O)[O-])cc1. The van der Waals surface area contributed by atoms with Crippen molar-refractivity contribution in [2.75, 3.05) is 32.8 Å². The van der Waals surface area contributed by atoms with Crippen molar-refractivity contribution in [3.8, 4) is 5.75 Å². The van der Waals surface area contributed by atoms with Crippen LogP contribution < -0.4 is 10.1 Å². The highest BCUT2D eigenvalue weighted by atomic mass is 16.6. The maximum atomic E-state index is 10.5. The summed E-state index contributed by atoms with van der Waals surface area (Å²) in [5.74, 6) is 0.674. The molecule has 0 radical (unpaired) electrons. The minimum Gasteiger partial charge on any atom is -0.492 e. The van der Waals surface area contributed by atoms with Crippen LogP contribution in [0.1, 0.15) is 6.92 Å². The van der Waals surface area contributed by atoms with Crippen LogP contribution in [-0.2, 0) is 0 Å². The second-order valence-corrected chi connectivity index (χ2v) is 4.69. The van der Waals surface area contributed by atoms with Gasteiger partial charge in [-0.05, 0) is 19.1 Å². The van der Waals surface area contributed by atoms with E-state index in [1.165, 1.54) is 12.1 Å². The lowest BCUT2D eigenvalue weighted by Crippen LogP contribution is -2.50. The average molecular weight is 265 g/mol. The van der Waals surface area contributed by atoms with Crippen molar-refractivity contribution in [2.24, 2.45) is 0 Å². The van der Waals surface area contributed by atoms with Crippen molar-refractivity contribution in [3.05, 3.63) is 34.4 Å². The van der Waals surface area contributed by atoms with Gasteiger partial charge in [0.1, 0.15) is 12.4 Å². The molecule has 0 aliphatic carbocycles. The molecule has 1 aliphatic heterocycles. The second kappa shape index (κ2) is 6.49. The summed E-state index contributed by atoms with van der Waals surface area (Å²) in [6.45, 7) is 6.73. The number of ether oxygens (including phenoxy) is 1. The van der Waals surface area contributed by atoms with E-state index in [9.17, 15) is 10.1 Å². The van der Waals surface area contributed by atoms with Crippen LogP contribution in [0.4, 0.5) is 5.69 Å². The van der Waals surface area contributed by atoms with Gasteiger partial charge in [-0.25, -0.2) is 0 Å². The Labute approximate surface area is 112 Å². The number of hydrogen-bond acceptors (Lipinski definition) is 5. The largest absolute Gasteiger partial charge is 0.492 e. The van der Waals surface area contributed by atoms with E-state index in [0.717, 1.165) is 26.2 Å². The molecule has 2 rings (SSSR count). The number of non-ortho nitro benzene ring substituents is 1. The monoisotopic (exact) mass is 265 g/mol. The molecular weight excluding hydrogens is 246 g/mol. The van der Waals surface area contributed by atoms with E-state index < -0.39 is 4.92 Å². The van der Waals surface area contributed by atoms with Gasteiger partial charge in [-0.15, -0.1) is 0 Å². The molecule has 0 spiro atoms. The van der Waals surface area contributed by atoms with Crippen LogP contribution in [0.25, 0.3) is 0 Å². The highest BCUT2D eigenvalue weighted by Crippen LogP contribution is 2.17. The fraction of sp³-hybridized carbons (Fsp3) is 0.538. The maximum Gasteiger partial charge on any atom is 0.269 e. The van der Waals surface area contributed by atoms with Crippen LogP contribution in [-0.4, -0.2) is 48.7 Å². The van der Waals surface area contributed by atoms with E-state index in [4.69, 9.17) is 4.74 Å². The van der Waals surface area contributed by atoms with E-state index in [2.05, 4.69) is 17.1 Å². The number of rotatable bonds is 5. The van der Waals surface area contributed by atoms with Gasteiger partial charge in [0, 0.05) is 44.4 Å². The first-order valence-corrected chi connectivity index (χ1v) is 6.49. The molecule has 1 atom stereocenters. The number of nitrogens with zero attached hydrogens (tertiary/aromatic N) is 2. The van der Waals surface area contributed by atoms with Crippen LogP contribution in [0, 0.1) is 10.1 Å². The smallest absolute Gasteiger partial charge is 0.269 e. The molecule has 19 heavy (non-hydrogen) atoms. The molecule has 6 heteroatoms. The minimum atomic E-state index is -0.411. The third-order valence-electron chi connectivity index (χ3n) is 3.33. The highest BCUT2D eigenvalue weighted by molar-refractivity contribution is 5.35. The van der Waals surface area contributed by atoms with Crippen molar-refractivity contribution >= 4 is 5.69 Å². The highest BCUT2D eigenvalue weighted by Gasteiger charge is 2.17. The standard InChI is InChI=1S/C13H19N3O3/c1-11-10-14-6-7-15(11)8-9-19-13-4-2-12(3-5-13)16(17)18/h2-5,11,14H,6-10H2,1H3. The summed E-state index contributed by atoms with van der Waals surface area (Å²) in [6.07, 6.45) is 0. The molecule has 1 unspecified atom stereocenters. The molecular formula is C13H19N3O3. The summed E-state index contributed by atoms with van der Waals surface area (Å²) in [4.78, 5) is 12.5. The van der Waals surface area contributed by atoms with Crippen molar-refractivity contribution in [1.29, 1.82) is 0 Å². The normalized spacial score (nSPS) is 20.2. The second-order valence-electron chi connectivity index (χ2n) is 4.69. The Morgan fingerprint density at radius 3 is 2.84 bits per heavy atom. The average Bonchev–Trinajstić information content (AvgIpc) is 2.41. The van der Waals surface area contributed by atoms with Gasteiger partial charge in [0.25, 0.3) is 5.69 Å². The predicted octanol–water partition coefficient (Wildman–Crippen LogP) is 1.27. The summed E-state index contributed by atoms with van der Waals surface area (Å²) in [7, 11) is 0. The number of hydrogen-bond donors (Lipinski definition) is 1. The van der Waals surface area contributed by atoms with Gasteiger partial charge in [-0.1, -0.05) is 0 Å². The van der Waals surface area contributed by atoms with Gasteiger partial charge in [0.15, 0.2) is 0 Å². The predicted molar refractivity (Wildman–Crippen MR) is 72.5 cm³/mol. The van der Waals surface area contributed by atoms with Crippen LogP contribution >= 0.6 is 0 Å². The first kappa shape index (κ1) is 13.8. The van der Waals surface area contributed by atoms with Crippen LogP contribution in [0.15, 0.2) is 24.3 Å². The number of nitro groups is 1. The Morgan fingerprint density at radius 2 is 2.21 bits per heavy atom. The zero-order chi connectivity index (χ0) is 13.7. The maximum absolute atomic E-state index is 10.5. The van der Waals surface area contributed by atoms with Crippen LogP contribution in [0.5, 0.6) is 5.75 Å². The van der Waals surface area contributed by atoms with Gasteiger partial charge in [0.2, 0.25) is 0 Å².